The molecule has 0 spiro atoms. The van der Waals surface area contributed by atoms with Crippen molar-refractivity contribution in [1.29, 1.82) is 0 Å². The van der Waals surface area contributed by atoms with E-state index in [9.17, 15) is 18.8 Å². The Morgan fingerprint density at radius 1 is 1.18 bits per heavy atom. The van der Waals surface area contributed by atoms with Crippen molar-refractivity contribution in [2.75, 3.05) is 31.4 Å². The molecule has 3 aliphatic heterocycles. The van der Waals surface area contributed by atoms with Crippen LogP contribution in [-0.4, -0.2) is 66.7 Å². The van der Waals surface area contributed by atoms with Crippen LogP contribution in [0.4, 0.5) is 10.1 Å². The minimum Gasteiger partial charge on any atom is -0.379 e. The van der Waals surface area contributed by atoms with Crippen molar-refractivity contribution in [3.63, 3.8) is 0 Å². The second-order valence-corrected chi connectivity index (χ2v) is 6.57. The number of carbonyl (C=O) groups excluding carboxylic acids is 3. The van der Waals surface area contributed by atoms with Crippen LogP contribution in [0.15, 0.2) is 29.4 Å². The molecule has 0 bridgehead atoms. The molecule has 2 unspecified atom stereocenters. The number of hydrogen-bond acceptors (Lipinski definition) is 6. The second-order valence-electron chi connectivity index (χ2n) is 6.57. The minimum atomic E-state index is -0.622. The van der Waals surface area contributed by atoms with Gasteiger partial charge in [-0.1, -0.05) is 0 Å². The normalized spacial score (nSPS) is 25.0. The third-order valence-electron chi connectivity index (χ3n) is 4.88. The summed E-state index contributed by atoms with van der Waals surface area (Å²) >= 11 is 0. The molecule has 2 fully saturated rings. The molecule has 150 valence electrons. The zero-order valence-electron chi connectivity index (χ0n) is 14.9. The summed E-state index contributed by atoms with van der Waals surface area (Å²) in [6.45, 7) is 1.59. The lowest BCUT2D eigenvalue weighted by atomic mass is 10.0. The van der Waals surface area contributed by atoms with Gasteiger partial charge in [0.15, 0.2) is 11.5 Å². The van der Waals surface area contributed by atoms with Crippen LogP contribution < -0.4 is 5.01 Å². The number of morpholine rings is 1. The molecule has 1 aromatic rings. The number of benzene rings is 1. The van der Waals surface area contributed by atoms with Gasteiger partial charge in [-0.3, -0.25) is 14.4 Å². The molecular weight excluding hydrogens is 393 g/mol. The molecule has 3 aliphatic rings. The summed E-state index contributed by atoms with van der Waals surface area (Å²) in [7, 11) is 0. The Morgan fingerprint density at radius 3 is 2.68 bits per heavy atom. The molecule has 10 heteroatoms. The maximum atomic E-state index is 13.1. The topological polar surface area (TPSA) is 88.5 Å². The standard InChI is InChI=1S/C18H18FN3O5.ClH/c19-11-1-3-12(4-2-11)22-16(24)9-14(23)17(20-22)18(25)21-6-8-27-15-5-7-26-10-13(15)21;/h1-4,13,15H,5-10H2;1H. The fourth-order valence-corrected chi connectivity index (χ4v) is 3.50. The molecule has 28 heavy (non-hydrogen) atoms. The van der Waals surface area contributed by atoms with Gasteiger partial charge in [-0.25, -0.2) is 4.39 Å². The van der Waals surface area contributed by atoms with Crippen LogP contribution in [0, 0.1) is 5.82 Å². The first-order chi connectivity index (χ1) is 13.0. The van der Waals surface area contributed by atoms with Gasteiger partial charge >= 0.3 is 0 Å². The average Bonchev–Trinajstić information content (AvgIpc) is 2.68. The number of ether oxygens (including phenoxy) is 2. The maximum absolute atomic E-state index is 13.1. The molecule has 0 aromatic heterocycles. The number of hydrogen-bond donors (Lipinski definition) is 0. The van der Waals surface area contributed by atoms with Gasteiger partial charge in [0.1, 0.15) is 5.82 Å². The Balaban J connectivity index is 0.00000225. The van der Waals surface area contributed by atoms with E-state index in [1.165, 1.54) is 24.3 Å². The lowest BCUT2D eigenvalue weighted by Crippen LogP contribution is -2.60. The number of ketones is 1. The minimum absolute atomic E-state index is 0. The number of hydrazone groups is 1. The lowest BCUT2D eigenvalue weighted by Gasteiger charge is -2.43. The van der Waals surface area contributed by atoms with E-state index < -0.39 is 29.8 Å². The number of rotatable bonds is 2. The summed E-state index contributed by atoms with van der Waals surface area (Å²) in [5, 5.41) is 4.99. The predicted molar refractivity (Wildman–Crippen MR) is 98.9 cm³/mol. The van der Waals surface area contributed by atoms with Crippen molar-refractivity contribution in [3.05, 3.63) is 30.1 Å². The second kappa shape index (κ2) is 8.34. The number of nitrogens with zero attached hydrogens (tertiary/aromatic N) is 3. The predicted octanol–water partition coefficient (Wildman–Crippen LogP) is 0.926. The highest BCUT2D eigenvalue weighted by Gasteiger charge is 2.42. The largest absolute Gasteiger partial charge is 0.379 e. The van der Waals surface area contributed by atoms with Gasteiger partial charge < -0.3 is 14.4 Å². The van der Waals surface area contributed by atoms with Crippen molar-refractivity contribution in [2.24, 2.45) is 5.10 Å². The number of halogens is 2. The third-order valence-corrected chi connectivity index (χ3v) is 4.88. The highest BCUT2D eigenvalue weighted by molar-refractivity contribution is 6.67. The summed E-state index contributed by atoms with van der Waals surface area (Å²) in [5.41, 5.74) is -0.00907. The first-order valence-electron chi connectivity index (χ1n) is 8.75. The smallest absolute Gasteiger partial charge is 0.278 e. The van der Waals surface area contributed by atoms with Crippen LogP contribution in [0.25, 0.3) is 0 Å². The quantitative estimate of drug-likeness (QED) is 0.675. The van der Waals surface area contributed by atoms with Gasteiger partial charge in [0, 0.05) is 13.2 Å². The molecule has 0 aliphatic carbocycles. The van der Waals surface area contributed by atoms with Crippen molar-refractivity contribution >= 4 is 41.4 Å². The fourth-order valence-electron chi connectivity index (χ4n) is 3.50. The molecular formula is C18H19ClFN3O5. The SMILES string of the molecule is Cl.O=C1CC(=O)N(c2ccc(F)cc2)N=C1C(=O)N1CCOC2CCOCC21. The van der Waals surface area contributed by atoms with Crippen LogP contribution >= 0.6 is 12.4 Å². The van der Waals surface area contributed by atoms with E-state index in [-0.39, 0.29) is 30.3 Å². The van der Waals surface area contributed by atoms with Gasteiger partial charge in [-0.15, -0.1) is 12.4 Å². The van der Waals surface area contributed by atoms with E-state index in [4.69, 9.17) is 9.47 Å². The van der Waals surface area contributed by atoms with E-state index in [1.807, 2.05) is 0 Å². The monoisotopic (exact) mass is 411 g/mol. The average molecular weight is 412 g/mol. The molecule has 0 saturated carbocycles. The van der Waals surface area contributed by atoms with Crippen molar-refractivity contribution in [1.82, 2.24) is 4.90 Å². The van der Waals surface area contributed by atoms with E-state index in [0.717, 1.165) is 5.01 Å². The van der Waals surface area contributed by atoms with Crippen molar-refractivity contribution < 1.29 is 28.2 Å². The van der Waals surface area contributed by atoms with Crippen molar-refractivity contribution in [3.8, 4) is 0 Å². The van der Waals surface area contributed by atoms with E-state index in [0.29, 0.717) is 38.5 Å². The number of fused-ring (bicyclic) bond motifs is 1. The van der Waals surface area contributed by atoms with E-state index in [1.54, 1.807) is 4.90 Å². The van der Waals surface area contributed by atoms with E-state index >= 15 is 0 Å². The molecule has 0 N–H and O–H groups in total. The Labute approximate surface area is 166 Å². The number of anilines is 1. The summed E-state index contributed by atoms with van der Waals surface area (Å²) in [6, 6.07) is 4.82. The first kappa shape index (κ1) is 20.4. The molecule has 2 amide bonds. The molecule has 3 heterocycles. The summed E-state index contributed by atoms with van der Waals surface area (Å²) in [4.78, 5) is 39.1. The highest BCUT2D eigenvalue weighted by atomic mass is 35.5. The number of amides is 2. The summed E-state index contributed by atoms with van der Waals surface area (Å²) < 4.78 is 24.3. The molecule has 8 nitrogen and oxygen atoms in total. The molecule has 0 radical (unpaired) electrons. The van der Waals surface area contributed by atoms with Crippen LogP contribution in [0.1, 0.15) is 12.8 Å². The third kappa shape index (κ3) is 3.78. The van der Waals surface area contributed by atoms with E-state index in [2.05, 4.69) is 5.10 Å². The summed E-state index contributed by atoms with van der Waals surface area (Å²) in [6.07, 6.45) is 0.0805. The molecule has 4 rings (SSSR count). The molecule has 2 saturated heterocycles. The fraction of sp³-hybridized carbons (Fsp3) is 0.444. The number of Topliss-reactive ketones (excluding diaryl/α,β-unsaturated/α-hetero) is 1. The zero-order chi connectivity index (χ0) is 19.0. The lowest BCUT2D eigenvalue weighted by molar-refractivity contribution is -0.155. The Hall–Kier alpha value is -2.36. The van der Waals surface area contributed by atoms with Gasteiger partial charge in [-0.2, -0.15) is 10.1 Å². The summed E-state index contributed by atoms with van der Waals surface area (Å²) in [5.74, 6) is -2.19. The van der Waals surface area contributed by atoms with Gasteiger partial charge in [0.2, 0.25) is 0 Å². The first-order valence-corrected chi connectivity index (χ1v) is 8.75. The Morgan fingerprint density at radius 2 is 1.93 bits per heavy atom. The van der Waals surface area contributed by atoms with Crippen LogP contribution in [0.3, 0.4) is 0 Å². The van der Waals surface area contributed by atoms with Gasteiger partial charge in [-0.05, 0) is 30.7 Å². The van der Waals surface area contributed by atoms with Gasteiger partial charge in [0.05, 0.1) is 37.5 Å². The Bertz CT molecular complexity index is 814. The molecule has 1 aromatic carbocycles. The maximum Gasteiger partial charge on any atom is 0.278 e. The van der Waals surface area contributed by atoms with Crippen LogP contribution in [0.5, 0.6) is 0 Å². The van der Waals surface area contributed by atoms with Crippen LogP contribution in [0.2, 0.25) is 0 Å². The Kier molecular flexibility index (Phi) is 6.07. The van der Waals surface area contributed by atoms with Crippen LogP contribution in [-0.2, 0) is 23.9 Å². The van der Waals surface area contributed by atoms with Gasteiger partial charge in [0.25, 0.3) is 11.8 Å². The highest BCUT2D eigenvalue weighted by Crippen LogP contribution is 2.24. The number of carbonyl (C=O) groups is 3. The molecule has 2 atom stereocenters. The van der Waals surface area contributed by atoms with Crippen molar-refractivity contribution in [2.45, 2.75) is 25.0 Å². The zero-order valence-corrected chi connectivity index (χ0v) is 15.7.